The molecule has 0 heterocycles. The van der Waals surface area contributed by atoms with Crippen molar-refractivity contribution in [2.75, 3.05) is 5.32 Å². The highest BCUT2D eigenvalue weighted by Crippen LogP contribution is 2.20. The van der Waals surface area contributed by atoms with E-state index in [0.717, 1.165) is 11.3 Å². The maximum absolute atomic E-state index is 12.3. The maximum atomic E-state index is 12.3. The Bertz CT molecular complexity index is 628. The molecule has 2 aromatic carbocycles. The van der Waals surface area contributed by atoms with E-state index in [1.54, 1.807) is 24.3 Å². The molecule has 1 amide bonds. The zero-order valence-electron chi connectivity index (χ0n) is 12.1. The third kappa shape index (κ3) is 4.23. The number of hydrogen-bond donors (Lipinski definition) is 1. The van der Waals surface area contributed by atoms with E-state index in [9.17, 15) is 4.79 Å². The van der Waals surface area contributed by atoms with E-state index in [0.29, 0.717) is 17.2 Å². The number of aryl methyl sites for hydroxylation is 1. The number of hydrogen-bond acceptors (Lipinski definition) is 2. The Hall–Kier alpha value is -2.00. The minimum absolute atomic E-state index is 0.160. The summed E-state index contributed by atoms with van der Waals surface area (Å²) in [6.07, 6.45) is 0.0209. The van der Waals surface area contributed by atoms with Gasteiger partial charge in [-0.25, -0.2) is 0 Å². The van der Waals surface area contributed by atoms with Gasteiger partial charge in [-0.3, -0.25) is 4.79 Å². The quantitative estimate of drug-likeness (QED) is 0.886. The Kier molecular flexibility index (Phi) is 5.23. The molecule has 0 aliphatic carbocycles. The summed E-state index contributed by atoms with van der Waals surface area (Å²) in [5, 5.41) is 3.48. The summed E-state index contributed by atoms with van der Waals surface area (Å²) in [6, 6.07) is 14.7. The van der Waals surface area contributed by atoms with E-state index in [4.69, 9.17) is 16.3 Å². The number of rotatable bonds is 5. The smallest absolute Gasteiger partial charge is 0.265 e. The molecule has 0 saturated heterocycles. The standard InChI is InChI=1S/C17H18ClNO2/c1-3-16(21-14-9-6-8-13(18)11-14)17(20)19-15-10-5-4-7-12(15)2/h4-11,16H,3H2,1-2H3,(H,19,20)/t16-/m1/s1. The average molecular weight is 304 g/mol. The van der Waals surface area contributed by atoms with Gasteiger partial charge in [0, 0.05) is 10.7 Å². The lowest BCUT2D eigenvalue weighted by Crippen LogP contribution is -2.32. The van der Waals surface area contributed by atoms with E-state index in [2.05, 4.69) is 5.32 Å². The molecule has 0 bridgehead atoms. The lowest BCUT2D eigenvalue weighted by molar-refractivity contribution is -0.122. The predicted molar refractivity (Wildman–Crippen MR) is 86.0 cm³/mol. The molecule has 0 fully saturated rings. The van der Waals surface area contributed by atoms with Gasteiger partial charge in [-0.2, -0.15) is 0 Å². The van der Waals surface area contributed by atoms with Crippen LogP contribution in [0.15, 0.2) is 48.5 Å². The first-order valence-corrected chi connectivity index (χ1v) is 7.26. The van der Waals surface area contributed by atoms with Gasteiger partial charge >= 0.3 is 0 Å². The normalized spacial score (nSPS) is 11.8. The van der Waals surface area contributed by atoms with Crippen LogP contribution in [-0.4, -0.2) is 12.0 Å². The van der Waals surface area contributed by atoms with Gasteiger partial charge in [0.15, 0.2) is 6.10 Å². The van der Waals surface area contributed by atoms with Gasteiger partial charge in [0.05, 0.1) is 0 Å². The zero-order valence-corrected chi connectivity index (χ0v) is 12.9. The molecule has 1 atom stereocenters. The van der Waals surface area contributed by atoms with Crippen LogP contribution in [0.3, 0.4) is 0 Å². The van der Waals surface area contributed by atoms with Gasteiger partial charge < -0.3 is 10.1 Å². The topological polar surface area (TPSA) is 38.3 Å². The third-order valence-corrected chi connectivity index (χ3v) is 3.38. The van der Waals surface area contributed by atoms with Crippen molar-refractivity contribution < 1.29 is 9.53 Å². The van der Waals surface area contributed by atoms with E-state index in [1.807, 2.05) is 38.1 Å². The fourth-order valence-electron chi connectivity index (χ4n) is 1.95. The Morgan fingerprint density at radius 1 is 1.24 bits per heavy atom. The Balaban J connectivity index is 2.07. The highest BCUT2D eigenvalue weighted by molar-refractivity contribution is 6.30. The molecule has 0 radical (unpaired) electrons. The number of amides is 1. The number of ether oxygens (including phenoxy) is 1. The summed E-state index contributed by atoms with van der Waals surface area (Å²) in [5.74, 6) is 0.432. The molecule has 4 heteroatoms. The lowest BCUT2D eigenvalue weighted by atomic mass is 10.2. The zero-order chi connectivity index (χ0) is 15.2. The van der Waals surface area contributed by atoms with Crippen molar-refractivity contribution in [1.29, 1.82) is 0 Å². The maximum Gasteiger partial charge on any atom is 0.265 e. The van der Waals surface area contributed by atoms with Gasteiger partial charge in [0.25, 0.3) is 5.91 Å². The second-order valence-corrected chi connectivity index (χ2v) is 5.21. The molecule has 0 unspecified atom stereocenters. The number of carbonyl (C=O) groups excluding carboxylic acids is 1. The number of para-hydroxylation sites is 1. The van der Waals surface area contributed by atoms with Crippen molar-refractivity contribution in [3.05, 3.63) is 59.1 Å². The van der Waals surface area contributed by atoms with E-state index >= 15 is 0 Å². The predicted octanol–water partition coefficient (Wildman–Crippen LogP) is 4.44. The van der Waals surface area contributed by atoms with Crippen LogP contribution in [0.2, 0.25) is 5.02 Å². The lowest BCUT2D eigenvalue weighted by Gasteiger charge is -2.18. The average Bonchev–Trinajstić information content (AvgIpc) is 2.47. The Morgan fingerprint density at radius 3 is 2.67 bits per heavy atom. The first kappa shape index (κ1) is 15.4. The fraction of sp³-hybridized carbons (Fsp3) is 0.235. The molecule has 0 aliphatic heterocycles. The van der Waals surface area contributed by atoms with Gasteiger partial charge in [0.1, 0.15) is 5.75 Å². The van der Waals surface area contributed by atoms with Crippen molar-refractivity contribution >= 4 is 23.2 Å². The third-order valence-electron chi connectivity index (χ3n) is 3.14. The highest BCUT2D eigenvalue weighted by Gasteiger charge is 2.19. The molecule has 0 aromatic heterocycles. The monoisotopic (exact) mass is 303 g/mol. The Labute approximate surface area is 129 Å². The fourth-order valence-corrected chi connectivity index (χ4v) is 2.13. The summed E-state index contributed by atoms with van der Waals surface area (Å²) in [6.45, 7) is 3.86. The molecular formula is C17H18ClNO2. The van der Waals surface area contributed by atoms with Crippen molar-refractivity contribution in [1.82, 2.24) is 0 Å². The van der Waals surface area contributed by atoms with Crippen LogP contribution in [0.25, 0.3) is 0 Å². The number of nitrogens with one attached hydrogen (secondary N) is 1. The van der Waals surface area contributed by atoms with Crippen molar-refractivity contribution in [2.45, 2.75) is 26.4 Å². The highest BCUT2D eigenvalue weighted by atomic mass is 35.5. The molecule has 0 saturated carbocycles. The molecule has 2 rings (SSSR count). The van der Waals surface area contributed by atoms with Crippen LogP contribution in [0.5, 0.6) is 5.75 Å². The first-order chi connectivity index (χ1) is 10.1. The van der Waals surface area contributed by atoms with Gasteiger partial charge in [-0.15, -0.1) is 0 Å². The summed E-state index contributed by atoms with van der Waals surface area (Å²) in [7, 11) is 0. The second-order valence-electron chi connectivity index (χ2n) is 4.78. The largest absolute Gasteiger partial charge is 0.481 e. The van der Waals surface area contributed by atoms with Crippen molar-refractivity contribution in [3.8, 4) is 5.75 Å². The molecule has 21 heavy (non-hydrogen) atoms. The summed E-state index contributed by atoms with van der Waals surface area (Å²) < 4.78 is 5.72. The number of halogens is 1. The van der Waals surface area contributed by atoms with Gasteiger partial charge in [0.2, 0.25) is 0 Å². The van der Waals surface area contributed by atoms with E-state index < -0.39 is 6.10 Å². The summed E-state index contributed by atoms with van der Waals surface area (Å²) >= 11 is 5.92. The number of benzene rings is 2. The van der Waals surface area contributed by atoms with Crippen LogP contribution in [0, 0.1) is 6.92 Å². The molecule has 2 aromatic rings. The van der Waals surface area contributed by atoms with Crippen LogP contribution < -0.4 is 10.1 Å². The van der Waals surface area contributed by atoms with E-state index in [-0.39, 0.29) is 5.91 Å². The summed E-state index contributed by atoms with van der Waals surface area (Å²) in [4.78, 5) is 12.3. The van der Waals surface area contributed by atoms with Gasteiger partial charge in [-0.05, 0) is 43.2 Å². The van der Waals surface area contributed by atoms with Crippen LogP contribution in [-0.2, 0) is 4.79 Å². The minimum Gasteiger partial charge on any atom is -0.481 e. The van der Waals surface area contributed by atoms with Crippen molar-refractivity contribution in [2.24, 2.45) is 0 Å². The van der Waals surface area contributed by atoms with Crippen LogP contribution in [0.4, 0.5) is 5.69 Å². The van der Waals surface area contributed by atoms with E-state index in [1.165, 1.54) is 0 Å². The first-order valence-electron chi connectivity index (χ1n) is 6.89. The molecule has 1 N–H and O–H groups in total. The Morgan fingerprint density at radius 2 is 2.00 bits per heavy atom. The molecule has 0 spiro atoms. The summed E-state index contributed by atoms with van der Waals surface area (Å²) in [5.41, 5.74) is 1.82. The minimum atomic E-state index is -0.553. The second kappa shape index (κ2) is 7.14. The molecule has 3 nitrogen and oxygen atoms in total. The molecular weight excluding hydrogens is 286 g/mol. The SMILES string of the molecule is CC[C@@H](Oc1cccc(Cl)c1)C(=O)Nc1ccccc1C. The molecule has 110 valence electrons. The van der Waals surface area contributed by atoms with Crippen LogP contribution in [0.1, 0.15) is 18.9 Å². The number of anilines is 1. The van der Waals surface area contributed by atoms with Gasteiger partial charge in [-0.1, -0.05) is 42.8 Å². The molecule has 0 aliphatic rings. The van der Waals surface area contributed by atoms with Crippen LogP contribution >= 0.6 is 11.6 Å². The van der Waals surface area contributed by atoms with Crippen molar-refractivity contribution in [3.63, 3.8) is 0 Å². The number of carbonyl (C=O) groups is 1.